The molecule has 0 unspecified atom stereocenters. The number of carbonyl (C=O) groups is 2. The Morgan fingerprint density at radius 2 is 1.13 bits per heavy atom. The fraction of sp³-hybridized carbons (Fsp3) is 0.0909. The number of esters is 2. The van der Waals surface area contributed by atoms with Crippen LogP contribution in [-0.2, 0) is 25.7 Å². The zero-order chi connectivity index (χ0) is 27.6. The molecule has 0 aliphatic heterocycles. The van der Waals surface area contributed by atoms with Gasteiger partial charge in [0.25, 0.3) is 0 Å². The van der Waals surface area contributed by atoms with Crippen molar-refractivity contribution in [3.8, 4) is 16.9 Å². The van der Waals surface area contributed by atoms with Gasteiger partial charge in [0.1, 0.15) is 12.4 Å². The van der Waals surface area contributed by atoms with Crippen LogP contribution in [0.2, 0.25) is 0 Å². The van der Waals surface area contributed by atoms with Crippen LogP contribution in [-0.4, -0.2) is 18.7 Å². The Kier molecular flexibility index (Phi) is 8.93. The lowest BCUT2D eigenvalue weighted by Gasteiger charge is -2.26. The van der Waals surface area contributed by atoms with Crippen LogP contribution in [0, 0.1) is 6.92 Å². The summed E-state index contributed by atoms with van der Waals surface area (Å²) in [7, 11) is 0. The van der Waals surface area contributed by atoms with E-state index in [9.17, 15) is 9.59 Å². The first-order chi connectivity index (χ1) is 19.0. The van der Waals surface area contributed by atoms with Crippen LogP contribution in [0.3, 0.4) is 0 Å². The number of aryl methyl sites for hydroxylation is 1. The second kappa shape index (κ2) is 12.9. The molecule has 0 saturated carbocycles. The standard InChI is InChI=1S/C33H29NO5/c1-4-32(35)37-22-25-8-10-26(11-9-25)27-12-16-29(17-13-27)34(28-14-6-24(3)7-15-28)30-18-20-31(21-19-30)38-23-39-33(36)5-2/h4-21H,1-2,22-23H2,3H3. The number of nitrogens with zero attached hydrogens (tertiary/aromatic N) is 1. The monoisotopic (exact) mass is 519 g/mol. The number of hydrogen-bond acceptors (Lipinski definition) is 6. The molecule has 6 heteroatoms. The van der Waals surface area contributed by atoms with E-state index in [1.807, 2.05) is 48.5 Å². The highest BCUT2D eigenvalue weighted by atomic mass is 16.7. The molecule has 39 heavy (non-hydrogen) atoms. The number of hydrogen-bond donors (Lipinski definition) is 0. The molecule has 0 saturated heterocycles. The van der Waals surface area contributed by atoms with Crippen LogP contribution in [0.15, 0.2) is 122 Å². The Labute approximate surface area is 228 Å². The number of carbonyl (C=O) groups excluding carboxylic acids is 2. The summed E-state index contributed by atoms with van der Waals surface area (Å²) in [5, 5.41) is 0. The average Bonchev–Trinajstić information content (AvgIpc) is 2.98. The van der Waals surface area contributed by atoms with Crippen molar-refractivity contribution in [2.45, 2.75) is 13.5 Å². The Balaban J connectivity index is 1.54. The lowest BCUT2D eigenvalue weighted by Crippen LogP contribution is -2.10. The van der Waals surface area contributed by atoms with Crippen molar-refractivity contribution in [1.29, 1.82) is 0 Å². The molecule has 0 amide bonds. The average molecular weight is 520 g/mol. The first-order valence-electron chi connectivity index (χ1n) is 12.3. The van der Waals surface area contributed by atoms with Gasteiger partial charge in [-0.2, -0.15) is 0 Å². The molecule has 4 aromatic rings. The summed E-state index contributed by atoms with van der Waals surface area (Å²) < 4.78 is 15.5. The largest absolute Gasteiger partial charge is 0.458 e. The lowest BCUT2D eigenvalue weighted by molar-refractivity contribution is -0.144. The Morgan fingerprint density at radius 1 is 0.667 bits per heavy atom. The van der Waals surface area contributed by atoms with Gasteiger partial charge in [-0.05, 0) is 72.1 Å². The van der Waals surface area contributed by atoms with Crippen LogP contribution in [0.5, 0.6) is 5.75 Å². The van der Waals surface area contributed by atoms with Crippen molar-refractivity contribution in [3.63, 3.8) is 0 Å². The Morgan fingerprint density at radius 3 is 1.67 bits per heavy atom. The van der Waals surface area contributed by atoms with E-state index in [4.69, 9.17) is 14.2 Å². The summed E-state index contributed by atoms with van der Waals surface area (Å²) >= 11 is 0. The van der Waals surface area contributed by atoms with Gasteiger partial charge in [0.05, 0.1) is 0 Å². The van der Waals surface area contributed by atoms with Gasteiger partial charge >= 0.3 is 11.9 Å². The first-order valence-corrected chi connectivity index (χ1v) is 12.3. The smallest absolute Gasteiger partial charge is 0.333 e. The van der Waals surface area contributed by atoms with Gasteiger partial charge in [0.2, 0.25) is 6.79 Å². The molecule has 0 fully saturated rings. The van der Waals surface area contributed by atoms with E-state index in [-0.39, 0.29) is 13.4 Å². The zero-order valence-electron chi connectivity index (χ0n) is 21.7. The predicted molar refractivity (Wildman–Crippen MR) is 153 cm³/mol. The highest BCUT2D eigenvalue weighted by Crippen LogP contribution is 2.36. The molecule has 6 nitrogen and oxygen atoms in total. The van der Waals surface area contributed by atoms with E-state index in [0.717, 1.165) is 45.9 Å². The van der Waals surface area contributed by atoms with Crippen LogP contribution in [0.25, 0.3) is 11.1 Å². The van der Waals surface area contributed by atoms with Gasteiger partial charge in [0, 0.05) is 29.2 Å². The molecular weight excluding hydrogens is 490 g/mol. The minimum absolute atomic E-state index is 0.186. The van der Waals surface area contributed by atoms with Crippen LogP contribution in [0.1, 0.15) is 11.1 Å². The maximum atomic E-state index is 11.3. The molecule has 0 N–H and O–H groups in total. The molecule has 0 aliphatic carbocycles. The van der Waals surface area contributed by atoms with Crippen molar-refractivity contribution in [2.75, 3.05) is 11.7 Å². The Hall–Kier alpha value is -5.10. The molecule has 4 rings (SSSR count). The van der Waals surface area contributed by atoms with Gasteiger partial charge in [-0.25, -0.2) is 9.59 Å². The number of anilines is 3. The molecule has 4 aromatic carbocycles. The molecular formula is C33H29NO5. The minimum atomic E-state index is -0.537. The maximum Gasteiger partial charge on any atom is 0.333 e. The summed E-state index contributed by atoms with van der Waals surface area (Å²) in [6.07, 6.45) is 2.25. The fourth-order valence-electron chi connectivity index (χ4n) is 3.86. The van der Waals surface area contributed by atoms with Gasteiger partial charge in [0.15, 0.2) is 0 Å². The van der Waals surface area contributed by atoms with Crippen molar-refractivity contribution in [3.05, 3.63) is 133 Å². The highest BCUT2D eigenvalue weighted by Gasteiger charge is 2.13. The quantitative estimate of drug-likeness (QED) is 0.117. The van der Waals surface area contributed by atoms with Gasteiger partial charge in [-0.3, -0.25) is 0 Å². The molecule has 0 aliphatic rings. The minimum Gasteiger partial charge on any atom is -0.458 e. The second-order valence-electron chi connectivity index (χ2n) is 8.65. The van der Waals surface area contributed by atoms with Crippen molar-refractivity contribution < 1.29 is 23.8 Å². The maximum absolute atomic E-state index is 11.3. The molecule has 0 radical (unpaired) electrons. The third-order valence-electron chi connectivity index (χ3n) is 5.94. The number of benzene rings is 4. The highest BCUT2D eigenvalue weighted by molar-refractivity contribution is 5.81. The van der Waals surface area contributed by atoms with Crippen molar-refractivity contribution in [2.24, 2.45) is 0 Å². The summed E-state index contributed by atoms with van der Waals surface area (Å²) in [5.41, 5.74) is 7.15. The zero-order valence-corrected chi connectivity index (χ0v) is 21.7. The third kappa shape index (κ3) is 7.23. The summed E-state index contributed by atoms with van der Waals surface area (Å²) in [5.74, 6) is -0.396. The summed E-state index contributed by atoms with van der Waals surface area (Å²) in [6, 6.07) is 32.1. The fourth-order valence-corrected chi connectivity index (χ4v) is 3.86. The molecule has 0 atom stereocenters. The molecule has 0 bridgehead atoms. The van der Waals surface area contributed by atoms with E-state index < -0.39 is 11.9 Å². The van der Waals surface area contributed by atoms with Gasteiger partial charge in [-0.1, -0.05) is 67.3 Å². The molecule has 0 spiro atoms. The van der Waals surface area contributed by atoms with Gasteiger partial charge < -0.3 is 19.1 Å². The van der Waals surface area contributed by atoms with E-state index in [2.05, 4.69) is 73.5 Å². The Bertz CT molecular complexity index is 1420. The normalized spacial score (nSPS) is 10.3. The van der Waals surface area contributed by atoms with Crippen LogP contribution < -0.4 is 9.64 Å². The summed E-state index contributed by atoms with van der Waals surface area (Å²) in [4.78, 5) is 24.7. The third-order valence-corrected chi connectivity index (χ3v) is 5.94. The van der Waals surface area contributed by atoms with Crippen molar-refractivity contribution in [1.82, 2.24) is 0 Å². The summed E-state index contributed by atoms with van der Waals surface area (Å²) in [6.45, 7) is 8.86. The van der Waals surface area contributed by atoms with E-state index in [0.29, 0.717) is 5.75 Å². The van der Waals surface area contributed by atoms with Crippen LogP contribution in [0.4, 0.5) is 17.1 Å². The van der Waals surface area contributed by atoms with Gasteiger partial charge in [-0.15, -0.1) is 0 Å². The lowest BCUT2D eigenvalue weighted by atomic mass is 10.0. The first kappa shape index (κ1) is 26.9. The molecule has 0 aromatic heterocycles. The number of rotatable bonds is 11. The predicted octanol–water partition coefficient (Wildman–Crippen LogP) is 7.43. The number of ether oxygens (including phenoxy) is 3. The second-order valence-corrected chi connectivity index (χ2v) is 8.65. The molecule has 0 heterocycles. The van der Waals surface area contributed by atoms with Crippen LogP contribution >= 0.6 is 0 Å². The van der Waals surface area contributed by atoms with E-state index in [1.165, 1.54) is 5.56 Å². The topological polar surface area (TPSA) is 65.1 Å². The molecule has 196 valence electrons. The van der Waals surface area contributed by atoms with E-state index in [1.54, 1.807) is 0 Å². The van der Waals surface area contributed by atoms with E-state index >= 15 is 0 Å². The van der Waals surface area contributed by atoms with Crippen molar-refractivity contribution >= 4 is 29.0 Å². The SMILES string of the molecule is C=CC(=O)OCOc1ccc(N(c2ccc(C)cc2)c2ccc(-c3ccc(COC(=O)C=C)cc3)cc2)cc1.